The van der Waals surface area contributed by atoms with Crippen LogP contribution in [0.15, 0.2) is 24.3 Å². The third kappa shape index (κ3) is 3.06. The number of hydrogen-bond acceptors (Lipinski definition) is 2. The average Bonchev–Trinajstić information content (AvgIpc) is 2.07. The summed E-state index contributed by atoms with van der Waals surface area (Å²) in [4.78, 5) is 10.2. The fourth-order valence-electron chi connectivity index (χ4n) is 0.801. The molecule has 1 aromatic carbocycles. The van der Waals surface area contributed by atoms with Crippen molar-refractivity contribution in [1.29, 1.82) is 0 Å². The Kier molecular flexibility index (Phi) is 3.30. The van der Waals surface area contributed by atoms with Crippen molar-refractivity contribution in [3.05, 3.63) is 33.4 Å². The molecule has 2 N–H and O–H groups in total. The lowest BCUT2D eigenvalue weighted by atomic mass is 10.2. The van der Waals surface area contributed by atoms with Gasteiger partial charge in [-0.15, -0.1) is 0 Å². The minimum atomic E-state index is -1.00. The van der Waals surface area contributed by atoms with E-state index in [0.717, 1.165) is 9.65 Å². The highest BCUT2D eigenvalue weighted by Gasteiger charge is 1.96. The average molecular weight is 290 g/mol. The Morgan fingerprint density at radius 1 is 1.46 bits per heavy atom. The van der Waals surface area contributed by atoms with Crippen LogP contribution in [0.5, 0.6) is 5.75 Å². The number of phenols is 1. The molecule has 3 nitrogen and oxygen atoms in total. The van der Waals surface area contributed by atoms with E-state index >= 15 is 0 Å². The first kappa shape index (κ1) is 10.0. The molecule has 4 heteroatoms. The lowest BCUT2D eigenvalue weighted by Crippen LogP contribution is -1.85. The summed E-state index contributed by atoms with van der Waals surface area (Å²) in [6, 6.07) is 4.97. The van der Waals surface area contributed by atoms with Crippen LogP contribution in [-0.2, 0) is 4.79 Å². The van der Waals surface area contributed by atoms with Crippen LogP contribution in [0.1, 0.15) is 5.56 Å². The van der Waals surface area contributed by atoms with Gasteiger partial charge in [0.2, 0.25) is 0 Å². The molecule has 0 aliphatic heterocycles. The van der Waals surface area contributed by atoms with E-state index in [4.69, 9.17) is 5.11 Å². The van der Waals surface area contributed by atoms with Gasteiger partial charge in [-0.2, -0.15) is 0 Å². The van der Waals surface area contributed by atoms with Crippen molar-refractivity contribution in [3.63, 3.8) is 0 Å². The quantitative estimate of drug-likeness (QED) is 0.647. The molecule has 1 rings (SSSR count). The molecule has 0 radical (unpaired) electrons. The van der Waals surface area contributed by atoms with Gasteiger partial charge >= 0.3 is 5.97 Å². The molecule has 0 aromatic heterocycles. The topological polar surface area (TPSA) is 57.5 Å². The molecular weight excluding hydrogens is 283 g/mol. The predicted octanol–water partition coefficient (Wildman–Crippen LogP) is 2.09. The number of halogens is 1. The van der Waals surface area contributed by atoms with E-state index in [0.29, 0.717) is 5.56 Å². The van der Waals surface area contributed by atoms with E-state index in [1.165, 1.54) is 12.1 Å². The molecule has 0 bridgehead atoms. The van der Waals surface area contributed by atoms with E-state index in [1.807, 2.05) is 22.6 Å². The van der Waals surface area contributed by atoms with Crippen molar-refractivity contribution in [2.75, 3.05) is 0 Å². The molecule has 0 unspecified atom stereocenters. The molecule has 0 spiro atoms. The van der Waals surface area contributed by atoms with Crippen molar-refractivity contribution >= 4 is 34.6 Å². The van der Waals surface area contributed by atoms with Gasteiger partial charge < -0.3 is 10.2 Å². The zero-order valence-corrected chi connectivity index (χ0v) is 8.72. The first-order chi connectivity index (χ1) is 6.09. The van der Waals surface area contributed by atoms with Gasteiger partial charge in [0.05, 0.1) is 3.57 Å². The summed E-state index contributed by atoms with van der Waals surface area (Å²) < 4.78 is 0.741. The highest BCUT2D eigenvalue weighted by atomic mass is 127. The molecule has 0 aliphatic rings. The molecule has 0 atom stereocenters. The monoisotopic (exact) mass is 290 g/mol. The number of benzene rings is 1. The van der Waals surface area contributed by atoms with Gasteiger partial charge in [-0.05, 0) is 46.4 Å². The minimum Gasteiger partial charge on any atom is -0.507 e. The van der Waals surface area contributed by atoms with Crippen LogP contribution in [-0.4, -0.2) is 16.2 Å². The summed E-state index contributed by atoms with van der Waals surface area (Å²) in [7, 11) is 0. The second kappa shape index (κ2) is 4.27. The fourth-order valence-corrected chi connectivity index (χ4v) is 1.14. The Morgan fingerprint density at radius 3 is 2.69 bits per heavy atom. The van der Waals surface area contributed by atoms with Crippen molar-refractivity contribution in [3.8, 4) is 5.75 Å². The Labute approximate surface area is 88.8 Å². The maximum absolute atomic E-state index is 10.2. The maximum atomic E-state index is 10.2. The lowest BCUT2D eigenvalue weighted by molar-refractivity contribution is -0.131. The summed E-state index contributed by atoms with van der Waals surface area (Å²) in [6.07, 6.45) is 2.46. The SMILES string of the molecule is O=C(O)/C=C/c1ccc(I)c(O)c1. The number of carboxylic acid groups (broad SMARTS) is 1. The van der Waals surface area contributed by atoms with Gasteiger partial charge in [0.1, 0.15) is 5.75 Å². The molecule has 0 fully saturated rings. The van der Waals surface area contributed by atoms with Gasteiger partial charge in [-0.1, -0.05) is 6.07 Å². The van der Waals surface area contributed by atoms with Crippen molar-refractivity contribution in [2.45, 2.75) is 0 Å². The fraction of sp³-hybridized carbons (Fsp3) is 0. The minimum absolute atomic E-state index is 0.160. The summed E-state index contributed by atoms with van der Waals surface area (Å²) in [5.41, 5.74) is 0.667. The van der Waals surface area contributed by atoms with Crippen LogP contribution in [0.25, 0.3) is 6.08 Å². The predicted molar refractivity (Wildman–Crippen MR) is 57.5 cm³/mol. The Bertz CT molecular complexity index is 358. The van der Waals surface area contributed by atoms with E-state index in [2.05, 4.69) is 0 Å². The summed E-state index contributed by atoms with van der Waals surface area (Å²) in [5, 5.41) is 17.6. The number of phenolic OH excluding ortho intramolecular Hbond substituents is 1. The second-order valence-electron chi connectivity index (χ2n) is 2.38. The number of carbonyl (C=O) groups is 1. The molecule has 0 heterocycles. The lowest BCUT2D eigenvalue weighted by Gasteiger charge is -1.97. The third-order valence-electron chi connectivity index (χ3n) is 1.39. The highest BCUT2D eigenvalue weighted by Crippen LogP contribution is 2.20. The molecule has 68 valence electrons. The van der Waals surface area contributed by atoms with Crippen molar-refractivity contribution < 1.29 is 15.0 Å². The number of carboxylic acids is 1. The van der Waals surface area contributed by atoms with E-state index < -0.39 is 5.97 Å². The number of hydrogen-bond donors (Lipinski definition) is 2. The number of rotatable bonds is 2. The van der Waals surface area contributed by atoms with Crippen molar-refractivity contribution in [1.82, 2.24) is 0 Å². The smallest absolute Gasteiger partial charge is 0.328 e. The van der Waals surface area contributed by atoms with Crippen LogP contribution < -0.4 is 0 Å². The third-order valence-corrected chi connectivity index (χ3v) is 2.30. The molecule has 0 aliphatic carbocycles. The largest absolute Gasteiger partial charge is 0.507 e. The van der Waals surface area contributed by atoms with E-state index in [9.17, 15) is 9.90 Å². The van der Waals surface area contributed by atoms with Gasteiger partial charge in [0.25, 0.3) is 0 Å². The van der Waals surface area contributed by atoms with Gasteiger partial charge in [0.15, 0.2) is 0 Å². The zero-order valence-electron chi connectivity index (χ0n) is 6.57. The summed E-state index contributed by atoms with van der Waals surface area (Å²) in [6.45, 7) is 0. The Hall–Kier alpha value is -1.04. The first-order valence-corrected chi connectivity index (χ1v) is 4.57. The Balaban J connectivity index is 2.92. The normalized spacial score (nSPS) is 10.5. The second-order valence-corrected chi connectivity index (χ2v) is 3.54. The van der Waals surface area contributed by atoms with Crippen LogP contribution in [0.3, 0.4) is 0 Å². The van der Waals surface area contributed by atoms with Gasteiger partial charge in [-0.25, -0.2) is 4.79 Å². The Morgan fingerprint density at radius 2 is 2.15 bits per heavy atom. The highest BCUT2D eigenvalue weighted by molar-refractivity contribution is 14.1. The molecular formula is C9H7IO3. The molecule has 13 heavy (non-hydrogen) atoms. The van der Waals surface area contributed by atoms with Crippen LogP contribution >= 0.6 is 22.6 Å². The van der Waals surface area contributed by atoms with E-state index in [-0.39, 0.29) is 5.75 Å². The number of aliphatic carboxylic acids is 1. The van der Waals surface area contributed by atoms with Crippen LogP contribution in [0.4, 0.5) is 0 Å². The van der Waals surface area contributed by atoms with Crippen LogP contribution in [0.2, 0.25) is 0 Å². The molecule has 0 amide bonds. The molecule has 1 aromatic rings. The van der Waals surface area contributed by atoms with E-state index in [1.54, 1.807) is 12.1 Å². The number of aromatic hydroxyl groups is 1. The van der Waals surface area contributed by atoms with Gasteiger partial charge in [-0.3, -0.25) is 0 Å². The maximum Gasteiger partial charge on any atom is 0.328 e. The van der Waals surface area contributed by atoms with Gasteiger partial charge in [0, 0.05) is 6.08 Å². The summed E-state index contributed by atoms with van der Waals surface area (Å²) in [5.74, 6) is -0.842. The zero-order chi connectivity index (χ0) is 9.84. The first-order valence-electron chi connectivity index (χ1n) is 3.49. The molecule has 0 saturated heterocycles. The summed E-state index contributed by atoms with van der Waals surface area (Å²) >= 11 is 1.99. The standard InChI is InChI=1S/C9H7IO3/c10-7-3-1-6(5-8(7)11)2-4-9(12)13/h1-5,11H,(H,12,13)/b4-2+. The molecule has 0 saturated carbocycles. The van der Waals surface area contributed by atoms with Crippen molar-refractivity contribution in [2.24, 2.45) is 0 Å². The van der Waals surface area contributed by atoms with Crippen LogP contribution in [0, 0.1) is 3.57 Å².